The van der Waals surface area contributed by atoms with Gasteiger partial charge < -0.3 is 18.9 Å². The van der Waals surface area contributed by atoms with Crippen molar-refractivity contribution < 1.29 is 33.3 Å². The van der Waals surface area contributed by atoms with Crippen LogP contribution in [0.5, 0.6) is 23.0 Å². The first-order chi connectivity index (χ1) is 18.2. The molecule has 0 unspecified atom stereocenters. The van der Waals surface area contributed by atoms with E-state index in [1.165, 1.54) is 19.3 Å². The van der Waals surface area contributed by atoms with Gasteiger partial charge in [-0.3, -0.25) is 14.5 Å². The van der Waals surface area contributed by atoms with Gasteiger partial charge in [-0.05, 0) is 66.2 Å². The summed E-state index contributed by atoms with van der Waals surface area (Å²) < 4.78 is 21.6. The van der Waals surface area contributed by atoms with E-state index in [1.54, 1.807) is 42.5 Å². The van der Waals surface area contributed by atoms with Gasteiger partial charge in [0.25, 0.3) is 11.1 Å². The second-order valence-electron chi connectivity index (χ2n) is 8.35. The standard InChI is InChI=1S/C27H19Cl2NO7S/c1-14-3-5-16(6-4-14)26(32)37-24-19(29)7-15(8-22(24)34-2)9-23-25(31)30(27(33)38-23)12-17-10-20-21(11-18(17)28)36-13-35-20/h3-11H,12-13H2,1-2H3/b23-9-. The van der Waals surface area contributed by atoms with Gasteiger partial charge in [0.15, 0.2) is 23.0 Å². The van der Waals surface area contributed by atoms with Crippen LogP contribution < -0.4 is 18.9 Å². The Labute approximate surface area is 232 Å². The third-order valence-electron chi connectivity index (χ3n) is 5.78. The summed E-state index contributed by atoms with van der Waals surface area (Å²) >= 11 is 13.5. The Kier molecular flexibility index (Phi) is 7.25. The molecule has 5 rings (SSSR count). The van der Waals surface area contributed by atoms with E-state index in [0.717, 1.165) is 22.2 Å². The maximum atomic E-state index is 13.1. The Bertz CT molecular complexity index is 1500. The first-order valence-corrected chi connectivity index (χ1v) is 12.8. The maximum absolute atomic E-state index is 13.1. The van der Waals surface area contributed by atoms with Gasteiger partial charge in [-0.2, -0.15) is 0 Å². The summed E-state index contributed by atoms with van der Waals surface area (Å²) in [5.41, 5.74) is 2.39. The molecule has 0 radical (unpaired) electrons. The molecule has 2 aliphatic heterocycles. The fourth-order valence-electron chi connectivity index (χ4n) is 3.80. The predicted molar refractivity (Wildman–Crippen MR) is 143 cm³/mol. The van der Waals surface area contributed by atoms with E-state index in [-0.39, 0.29) is 34.8 Å². The molecule has 1 fully saturated rings. The van der Waals surface area contributed by atoms with Crippen molar-refractivity contribution in [3.63, 3.8) is 0 Å². The van der Waals surface area contributed by atoms with Crippen LogP contribution in [0.15, 0.2) is 53.4 Å². The van der Waals surface area contributed by atoms with Crippen LogP contribution in [0.25, 0.3) is 6.08 Å². The smallest absolute Gasteiger partial charge is 0.343 e. The van der Waals surface area contributed by atoms with Crippen molar-refractivity contribution in [2.75, 3.05) is 13.9 Å². The molecule has 11 heteroatoms. The number of halogens is 2. The number of hydrogen-bond donors (Lipinski definition) is 0. The van der Waals surface area contributed by atoms with Crippen molar-refractivity contribution in [2.45, 2.75) is 13.5 Å². The van der Waals surface area contributed by atoms with E-state index in [4.69, 9.17) is 42.1 Å². The molecular weight excluding hydrogens is 553 g/mol. The number of aryl methyl sites for hydroxylation is 1. The highest BCUT2D eigenvalue weighted by Crippen LogP contribution is 2.41. The Morgan fingerprint density at radius 3 is 2.47 bits per heavy atom. The van der Waals surface area contributed by atoms with E-state index in [1.807, 2.05) is 6.92 Å². The van der Waals surface area contributed by atoms with E-state index < -0.39 is 17.1 Å². The minimum Gasteiger partial charge on any atom is -0.493 e. The van der Waals surface area contributed by atoms with Crippen LogP contribution >= 0.6 is 35.0 Å². The molecule has 194 valence electrons. The van der Waals surface area contributed by atoms with Crippen molar-refractivity contribution in [3.05, 3.63) is 85.7 Å². The second kappa shape index (κ2) is 10.6. The number of fused-ring (bicyclic) bond motifs is 1. The lowest BCUT2D eigenvalue weighted by atomic mass is 10.1. The highest BCUT2D eigenvalue weighted by molar-refractivity contribution is 8.18. The summed E-state index contributed by atoms with van der Waals surface area (Å²) in [4.78, 5) is 39.6. The van der Waals surface area contributed by atoms with E-state index in [0.29, 0.717) is 33.2 Å². The lowest BCUT2D eigenvalue weighted by Crippen LogP contribution is -2.27. The topological polar surface area (TPSA) is 91.4 Å². The zero-order valence-corrected chi connectivity index (χ0v) is 22.4. The summed E-state index contributed by atoms with van der Waals surface area (Å²) in [6.45, 7) is 1.96. The van der Waals surface area contributed by atoms with Gasteiger partial charge in [-0.15, -0.1) is 0 Å². The fourth-order valence-corrected chi connectivity index (χ4v) is 5.11. The number of carbonyl (C=O) groups is 3. The van der Waals surface area contributed by atoms with Gasteiger partial charge in [0, 0.05) is 11.1 Å². The molecule has 0 atom stereocenters. The van der Waals surface area contributed by atoms with Crippen LogP contribution in [0.2, 0.25) is 10.0 Å². The molecule has 0 N–H and O–H groups in total. The molecule has 38 heavy (non-hydrogen) atoms. The van der Waals surface area contributed by atoms with E-state index in [9.17, 15) is 14.4 Å². The average molecular weight is 572 g/mol. The SMILES string of the molecule is COc1cc(/C=C2\SC(=O)N(Cc3cc4c(cc3Cl)OCO4)C2=O)cc(Cl)c1OC(=O)c1ccc(C)cc1. The van der Waals surface area contributed by atoms with Gasteiger partial charge in [-0.1, -0.05) is 40.9 Å². The molecule has 2 aliphatic rings. The number of ether oxygens (including phenoxy) is 4. The van der Waals surface area contributed by atoms with Gasteiger partial charge in [0.1, 0.15) is 0 Å². The summed E-state index contributed by atoms with van der Waals surface area (Å²) in [5.74, 6) is 0.154. The third kappa shape index (κ3) is 5.18. The largest absolute Gasteiger partial charge is 0.493 e. The van der Waals surface area contributed by atoms with E-state index in [2.05, 4.69) is 0 Å². The van der Waals surface area contributed by atoms with Gasteiger partial charge >= 0.3 is 5.97 Å². The summed E-state index contributed by atoms with van der Waals surface area (Å²) in [7, 11) is 1.40. The molecule has 8 nitrogen and oxygen atoms in total. The molecule has 0 aliphatic carbocycles. The third-order valence-corrected chi connectivity index (χ3v) is 7.32. The molecule has 0 aromatic heterocycles. The normalized spacial score (nSPS) is 15.4. The molecule has 2 amide bonds. The molecular formula is C27H19Cl2NO7S. The molecule has 3 aromatic rings. The molecule has 3 aromatic carbocycles. The van der Waals surface area contributed by atoms with Gasteiger partial charge in [0.05, 0.1) is 29.1 Å². The number of esters is 1. The number of carbonyl (C=O) groups excluding carboxylic acids is 3. The van der Waals surface area contributed by atoms with Crippen molar-refractivity contribution in [1.29, 1.82) is 0 Å². The highest BCUT2D eigenvalue weighted by atomic mass is 35.5. The zero-order valence-electron chi connectivity index (χ0n) is 20.1. The molecule has 1 saturated heterocycles. The first kappa shape index (κ1) is 26.0. The number of imide groups is 1. The number of benzene rings is 3. The van der Waals surface area contributed by atoms with Gasteiger partial charge in [-0.25, -0.2) is 4.79 Å². The van der Waals surface area contributed by atoms with Crippen LogP contribution in [-0.4, -0.2) is 35.9 Å². The van der Waals surface area contributed by atoms with Crippen LogP contribution in [0, 0.1) is 6.92 Å². The Hall–Kier alpha value is -3.66. The summed E-state index contributed by atoms with van der Waals surface area (Å²) in [6.07, 6.45) is 1.52. The Morgan fingerprint density at radius 2 is 1.76 bits per heavy atom. The second-order valence-corrected chi connectivity index (χ2v) is 10.2. The molecule has 0 bridgehead atoms. The average Bonchev–Trinajstić information content (AvgIpc) is 3.44. The first-order valence-electron chi connectivity index (χ1n) is 11.2. The van der Waals surface area contributed by atoms with Crippen molar-refractivity contribution in [1.82, 2.24) is 4.90 Å². The number of nitrogens with zero attached hydrogens (tertiary/aromatic N) is 1. The maximum Gasteiger partial charge on any atom is 0.343 e. The lowest BCUT2D eigenvalue weighted by molar-refractivity contribution is -0.123. The summed E-state index contributed by atoms with van der Waals surface area (Å²) in [6, 6.07) is 13.2. The Balaban J connectivity index is 1.36. The number of rotatable bonds is 6. The van der Waals surface area contributed by atoms with Crippen LogP contribution in [-0.2, 0) is 11.3 Å². The van der Waals surface area contributed by atoms with Crippen molar-refractivity contribution >= 4 is 58.2 Å². The van der Waals surface area contributed by atoms with E-state index >= 15 is 0 Å². The molecule has 0 spiro atoms. The number of thioether (sulfide) groups is 1. The minimum absolute atomic E-state index is 0.0323. The quantitative estimate of drug-likeness (QED) is 0.188. The molecule has 0 saturated carbocycles. The summed E-state index contributed by atoms with van der Waals surface area (Å²) in [5, 5.41) is 0.00342. The van der Waals surface area contributed by atoms with Crippen molar-refractivity contribution in [2.24, 2.45) is 0 Å². The number of hydrogen-bond acceptors (Lipinski definition) is 8. The zero-order chi connectivity index (χ0) is 27.0. The predicted octanol–water partition coefficient (Wildman–Crippen LogP) is 6.49. The highest BCUT2D eigenvalue weighted by Gasteiger charge is 2.36. The van der Waals surface area contributed by atoms with Gasteiger partial charge in [0.2, 0.25) is 6.79 Å². The lowest BCUT2D eigenvalue weighted by Gasteiger charge is -2.14. The van der Waals surface area contributed by atoms with Crippen molar-refractivity contribution in [3.8, 4) is 23.0 Å². The van der Waals surface area contributed by atoms with Crippen LogP contribution in [0.3, 0.4) is 0 Å². The molecule has 2 heterocycles. The number of amides is 2. The van der Waals surface area contributed by atoms with Crippen LogP contribution in [0.4, 0.5) is 4.79 Å². The Morgan fingerprint density at radius 1 is 1.05 bits per heavy atom. The number of methoxy groups -OCH3 is 1. The van der Waals surface area contributed by atoms with Crippen LogP contribution in [0.1, 0.15) is 27.0 Å². The monoisotopic (exact) mass is 571 g/mol. The fraction of sp³-hybridized carbons (Fsp3) is 0.148. The minimum atomic E-state index is -0.596.